The number of fused-ring (bicyclic) bond motifs is 4. The molecule has 2 aromatic heterocycles. The van der Waals surface area contributed by atoms with Gasteiger partial charge in [-0.05, 0) is 48.1 Å². The maximum absolute atomic E-state index is 2.33. The molecule has 0 saturated heterocycles. The van der Waals surface area contributed by atoms with Gasteiger partial charge in [-0.15, -0.1) is 22.7 Å². The summed E-state index contributed by atoms with van der Waals surface area (Å²) in [4.78, 5) is 1.39. The van der Waals surface area contributed by atoms with Gasteiger partial charge in [0.15, 0.2) is 0 Å². The molecule has 5 rings (SSSR count). The lowest BCUT2D eigenvalue weighted by atomic mass is 10.00. The van der Waals surface area contributed by atoms with E-state index >= 15 is 0 Å². The SMILES string of the molecule is Cc1cc2c(Cc3cccc4c3sc3ccccc34)cccc2s1. The number of hydrogen-bond donors (Lipinski definition) is 0. The topological polar surface area (TPSA) is 0 Å². The highest BCUT2D eigenvalue weighted by Gasteiger charge is 2.11. The van der Waals surface area contributed by atoms with Gasteiger partial charge in [0.05, 0.1) is 0 Å². The summed E-state index contributed by atoms with van der Waals surface area (Å²) in [6, 6.07) is 24.5. The quantitative estimate of drug-likeness (QED) is 0.318. The van der Waals surface area contributed by atoms with Gasteiger partial charge < -0.3 is 0 Å². The van der Waals surface area contributed by atoms with Gasteiger partial charge in [-0.1, -0.05) is 48.5 Å². The maximum Gasteiger partial charge on any atom is 0.0390 e. The minimum absolute atomic E-state index is 0.998. The Morgan fingerprint density at radius 2 is 1.38 bits per heavy atom. The van der Waals surface area contributed by atoms with Gasteiger partial charge in [0, 0.05) is 29.7 Å². The zero-order chi connectivity index (χ0) is 16.1. The van der Waals surface area contributed by atoms with Gasteiger partial charge in [0.25, 0.3) is 0 Å². The summed E-state index contributed by atoms with van der Waals surface area (Å²) in [5.74, 6) is 0. The van der Waals surface area contributed by atoms with Crippen molar-refractivity contribution in [1.29, 1.82) is 0 Å². The van der Waals surface area contributed by atoms with Crippen molar-refractivity contribution in [2.75, 3.05) is 0 Å². The van der Waals surface area contributed by atoms with E-state index in [9.17, 15) is 0 Å². The van der Waals surface area contributed by atoms with Crippen LogP contribution in [0.5, 0.6) is 0 Å². The minimum atomic E-state index is 0.998. The van der Waals surface area contributed by atoms with Gasteiger partial charge in [-0.2, -0.15) is 0 Å². The Kier molecular flexibility index (Phi) is 3.22. The highest BCUT2D eigenvalue weighted by atomic mass is 32.1. The summed E-state index contributed by atoms with van der Waals surface area (Å²) in [5.41, 5.74) is 2.87. The second-order valence-electron chi connectivity index (χ2n) is 6.25. The van der Waals surface area contributed by atoms with Crippen molar-refractivity contribution in [2.45, 2.75) is 13.3 Å². The average molecular weight is 345 g/mol. The summed E-state index contributed by atoms with van der Waals surface area (Å²) in [6.45, 7) is 2.20. The normalized spacial score (nSPS) is 11.7. The van der Waals surface area contributed by atoms with Crippen LogP contribution in [0.1, 0.15) is 16.0 Å². The van der Waals surface area contributed by atoms with Crippen LogP contribution < -0.4 is 0 Å². The number of aryl methyl sites for hydroxylation is 1. The first-order valence-corrected chi connectivity index (χ1v) is 9.80. The Bertz CT molecular complexity index is 1190. The Morgan fingerprint density at radius 3 is 2.33 bits per heavy atom. The van der Waals surface area contributed by atoms with Crippen LogP contribution in [0.25, 0.3) is 30.3 Å². The molecule has 0 amide bonds. The molecule has 0 aliphatic rings. The second kappa shape index (κ2) is 5.44. The molecular weight excluding hydrogens is 328 g/mol. The third-order valence-corrected chi connectivity index (χ3v) is 6.92. The van der Waals surface area contributed by atoms with E-state index in [1.54, 1.807) is 0 Å². The molecular formula is C22H16S2. The summed E-state index contributed by atoms with van der Waals surface area (Å²) < 4.78 is 4.21. The summed E-state index contributed by atoms with van der Waals surface area (Å²) in [6.07, 6.45) is 0.998. The highest BCUT2D eigenvalue weighted by Crippen LogP contribution is 2.37. The molecule has 0 spiro atoms. The number of rotatable bonds is 2. The van der Waals surface area contributed by atoms with E-state index in [1.165, 1.54) is 46.3 Å². The highest BCUT2D eigenvalue weighted by molar-refractivity contribution is 7.26. The number of benzene rings is 3. The molecule has 2 heteroatoms. The molecule has 0 fully saturated rings. The standard InChI is InChI=1S/C22H16S2/c1-14-12-19-15(6-5-11-21(19)23-14)13-16-7-4-9-18-17-8-2-3-10-20(17)24-22(16)18/h2-12H,13H2,1H3. The molecule has 24 heavy (non-hydrogen) atoms. The van der Waals surface area contributed by atoms with Crippen molar-refractivity contribution < 1.29 is 0 Å². The molecule has 2 heterocycles. The molecule has 5 aromatic rings. The molecule has 3 aromatic carbocycles. The Hall–Kier alpha value is -2.16. The van der Waals surface area contributed by atoms with E-state index in [0.29, 0.717) is 0 Å². The van der Waals surface area contributed by atoms with Crippen LogP contribution in [-0.2, 0) is 6.42 Å². The lowest BCUT2D eigenvalue weighted by Crippen LogP contribution is -1.88. The van der Waals surface area contributed by atoms with Gasteiger partial charge in [0.2, 0.25) is 0 Å². The number of hydrogen-bond acceptors (Lipinski definition) is 2. The van der Waals surface area contributed by atoms with Gasteiger partial charge >= 0.3 is 0 Å². The summed E-state index contributed by atoms with van der Waals surface area (Å²) in [7, 11) is 0. The van der Waals surface area contributed by atoms with Crippen LogP contribution in [0.15, 0.2) is 66.7 Å². The molecule has 0 aliphatic heterocycles. The van der Waals surface area contributed by atoms with Crippen LogP contribution in [0.4, 0.5) is 0 Å². The van der Waals surface area contributed by atoms with E-state index in [2.05, 4.69) is 73.7 Å². The molecule has 0 N–H and O–H groups in total. The predicted molar refractivity (Wildman–Crippen MR) is 109 cm³/mol. The first-order chi connectivity index (χ1) is 11.8. The van der Waals surface area contributed by atoms with Crippen molar-refractivity contribution in [1.82, 2.24) is 0 Å². The van der Waals surface area contributed by atoms with Crippen molar-refractivity contribution >= 4 is 52.9 Å². The van der Waals surface area contributed by atoms with E-state index < -0.39 is 0 Å². The fraction of sp³-hybridized carbons (Fsp3) is 0.0909. The van der Waals surface area contributed by atoms with Crippen molar-refractivity contribution in [2.24, 2.45) is 0 Å². The Labute approximate surface area is 149 Å². The lowest BCUT2D eigenvalue weighted by molar-refractivity contribution is 1.24. The molecule has 0 radical (unpaired) electrons. The average Bonchev–Trinajstić information content (AvgIpc) is 3.16. The van der Waals surface area contributed by atoms with Gasteiger partial charge in [0.1, 0.15) is 0 Å². The minimum Gasteiger partial charge on any atom is -0.141 e. The first-order valence-electron chi connectivity index (χ1n) is 8.17. The van der Waals surface area contributed by atoms with E-state index in [-0.39, 0.29) is 0 Å². The van der Waals surface area contributed by atoms with Crippen molar-refractivity contribution in [3.63, 3.8) is 0 Å². The molecule has 0 unspecified atom stereocenters. The van der Waals surface area contributed by atoms with Crippen LogP contribution in [0.3, 0.4) is 0 Å². The van der Waals surface area contributed by atoms with Crippen LogP contribution in [0, 0.1) is 6.92 Å². The second-order valence-corrected chi connectivity index (χ2v) is 8.59. The van der Waals surface area contributed by atoms with Crippen LogP contribution in [-0.4, -0.2) is 0 Å². The lowest BCUT2D eigenvalue weighted by Gasteiger charge is -2.05. The van der Waals surface area contributed by atoms with Crippen LogP contribution in [0.2, 0.25) is 0 Å². The Balaban J connectivity index is 1.71. The third-order valence-electron chi connectivity index (χ3n) is 4.64. The molecule has 116 valence electrons. The van der Waals surface area contributed by atoms with E-state index in [4.69, 9.17) is 0 Å². The van der Waals surface area contributed by atoms with E-state index in [1.807, 2.05) is 22.7 Å². The summed E-state index contributed by atoms with van der Waals surface area (Å²) >= 11 is 3.81. The molecule has 0 bridgehead atoms. The zero-order valence-electron chi connectivity index (χ0n) is 13.4. The van der Waals surface area contributed by atoms with Crippen molar-refractivity contribution in [3.05, 3.63) is 82.7 Å². The van der Waals surface area contributed by atoms with E-state index in [0.717, 1.165) is 6.42 Å². The largest absolute Gasteiger partial charge is 0.141 e. The van der Waals surface area contributed by atoms with Crippen LogP contribution >= 0.6 is 22.7 Å². The van der Waals surface area contributed by atoms with Gasteiger partial charge in [-0.25, -0.2) is 0 Å². The zero-order valence-corrected chi connectivity index (χ0v) is 15.0. The maximum atomic E-state index is 2.33. The Morgan fingerprint density at radius 1 is 0.667 bits per heavy atom. The molecule has 0 atom stereocenters. The third kappa shape index (κ3) is 2.18. The fourth-order valence-electron chi connectivity index (χ4n) is 3.55. The molecule has 0 aliphatic carbocycles. The molecule has 0 nitrogen and oxygen atoms in total. The van der Waals surface area contributed by atoms with Gasteiger partial charge in [-0.3, -0.25) is 0 Å². The summed E-state index contributed by atoms with van der Waals surface area (Å²) in [5, 5.41) is 4.18. The first kappa shape index (κ1) is 14.2. The smallest absolute Gasteiger partial charge is 0.0390 e. The predicted octanol–water partition coefficient (Wildman–Crippen LogP) is 7.17. The monoisotopic (exact) mass is 344 g/mol. The number of thiophene rings is 2. The van der Waals surface area contributed by atoms with Crippen molar-refractivity contribution in [3.8, 4) is 0 Å². The molecule has 0 saturated carbocycles. The fourth-order valence-corrected chi connectivity index (χ4v) is 5.74.